The molecule has 0 heterocycles. The molecule has 0 radical (unpaired) electrons. The van der Waals surface area contributed by atoms with Gasteiger partial charge in [-0.3, -0.25) is 4.79 Å². The highest BCUT2D eigenvalue weighted by molar-refractivity contribution is 5.71. The van der Waals surface area contributed by atoms with Crippen LogP contribution in [0, 0.1) is 5.92 Å². The zero-order valence-electron chi connectivity index (χ0n) is 10.8. The molecule has 0 atom stereocenters. The fraction of sp³-hybridized carbons (Fsp3) is 0.923. The smallest absolute Gasteiger partial charge is 0.307 e. The maximum Gasteiger partial charge on any atom is 0.307 e. The number of carbonyl (C=O) groups is 1. The average Bonchev–Trinajstić information content (AvgIpc) is 2.28. The molecule has 3 heteroatoms. The molecular weight excluding hydrogens is 202 g/mol. The Bertz CT molecular complexity index is 220. The van der Waals surface area contributed by atoms with Crippen LogP contribution in [-0.4, -0.2) is 25.2 Å². The zero-order valence-corrected chi connectivity index (χ0v) is 10.8. The third kappa shape index (κ3) is 4.12. The molecule has 1 N–H and O–H groups in total. The van der Waals surface area contributed by atoms with E-state index in [1.54, 1.807) is 0 Å². The van der Waals surface area contributed by atoms with E-state index >= 15 is 0 Å². The van der Waals surface area contributed by atoms with Gasteiger partial charge < -0.3 is 10.1 Å². The van der Waals surface area contributed by atoms with Gasteiger partial charge in [-0.1, -0.05) is 33.1 Å². The largest absolute Gasteiger partial charge is 0.465 e. The van der Waals surface area contributed by atoms with Crippen molar-refractivity contribution in [3.63, 3.8) is 0 Å². The highest BCUT2D eigenvalue weighted by Crippen LogP contribution is 2.30. The third-order valence-corrected chi connectivity index (χ3v) is 3.40. The Balaban J connectivity index is 2.39. The van der Waals surface area contributed by atoms with Gasteiger partial charge in [0.25, 0.3) is 0 Å². The van der Waals surface area contributed by atoms with Crippen LogP contribution in [0.3, 0.4) is 0 Å². The van der Waals surface area contributed by atoms with E-state index in [2.05, 4.69) is 19.2 Å². The predicted octanol–water partition coefficient (Wildman–Crippen LogP) is 2.50. The lowest BCUT2D eigenvalue weighted by Crippen LogP contribution is -2.46. The Morgan fingerprint density at radius 3 is 2.44 bits per heavy atom. The van der Waals surface area contributed by atoms with Crippen LogP contribution in [0.2, 0.25) is 0 Å². The van der Waals surface area contributed by atoms with Crippen molar-refractivity contribution in [2.75, 3.05) is 13.7 Å². The minimum Gasteiger partial charge on any atom is -0.465 e. The van der Waals surface area contributed by atoms with E-state index in [-0.39, 0.29) is 11.5 Å². The van der Waals surface area contributed by atoms with Gasteiger partial charge in [-0.25, -0.2) is 0 Å². The standard InChI is InChI=1S/C13H25NO2/c1-11(2)10-16-12(15)9-13(14-3)7-5-4-6-8-13/h11,14H,4-10H2,1-3H3. The Morgan fingerprint density at radius 1 is 1.31 bits per heavy atom. The summed E-state index contributed by atoms with van der Waals surface area (Å²) < 4.78 is 5.25. The lowest BCUT2D eigenvalue weighted by Gasteiger charge is -2.36. The summed E-state index contributed by atoms with van der Waals surface area (Å²) >= 11 is 0. The molecule has 0 aromatic heterocycles. The molecule has 16 heavy (non-hydrogen) atoms. The van der Waals surface area contributed by atoms with Gasteiger partial charge in [0.15, 0.2) is 0 Å². The molecule has 1 fully saturated rings. The van der Waals surface area contributed by atoms with Gasteiger partial charge in [0.2, 0.25) is 0 Å². The van der Waals surface area contributed by atoms with Crippen LogP contribution in [0.5, 0.6) is 0 Å². The first kappa shape index (κ1) is 13.5. The van der Waals surface area contributed by atoms with Crippen molar-refractivity contribution in [2.45, 2.75) is 57.9 Å². The summed E-state index contributed by atoms with van der Waals surface area (Å²) in [5.41, 5.74) is 0.00626. The SMILES string of the molecule is CNC1(CC(=O)OCC(C)C)CCCCC1. The van der Waals surface area contributed by atoms with Gasteiger partial charge in [-0.05, 0) is 25.8 Å². The molecule has 0 amide bonds. The fourth-order valence-corrected chi connectivity index (χ4v) is 2.33. The van der Waals surface area contributed by atoms with Crippen molar-refractivity contribution in [2.24, 2.45) is 5.92 Å². The molecule has 0 aromatic rings. The normalized spacial score (nSPS) is 19.8. The van der Waals surface area contributed by atoms with Crippen molar-refractivity contribution in [1.29, 1.82) is 0 Å². The Labute approximate surface area is 98.9 Å². The monoisotopic (exact) mass is 227 g/mol. The number of ether oxygens (including phenoxy) is 1. The lowest BCUT2D eigenvalue weighted by atomic mass is 9.79. The number of nitrogens with one attached hydrogen (secondary N) is 1. The van der Waals surface area contributed by atoms with Gasteiger partial charge in [0.1, 0.15) is 0 Å². The second-order valence-corrected chi connectivity index (χ2v) is 5.34. The van der Waals surface area contributed by atoms with Crippen molar-refractivity contribution in [3.8, 4) is 0 Å². The summed E-state index contributed by atoms with van der Waals surface area (Å²) in [5.74, 6) is 0.366. The van der Waals surface area contributed by atoms with Crippen molar-refractivity contribution < 1.29 is 9.53 Å². The van der Waals surface area contributed by atoms with Crippen LogP contribution in [0.15, 0.2) is 0 Å². The molecule has 0 aromatic carbocycles. The van der Waals surface area contributed by atoms with Gasteiger partial charge in [-0.15, -0.1) is 0 Å². The summed E-state index contributed by atoms with van der Waals surface area (Å²) in [6.07, 6.45) is 6.46. The molecule has 0 unspecified atom stereocenters. The first-order valence-electron chi connectivity index (χ1n) is 6.42. The number of carbonyl (C=O) groups excluding carboxylic acids is 1. The minimum atomic E-state index is -0.0510. The van der Waals surface area contributed by atoms with E-state index in [1.165, 1.54) is 19.3 Å². The molecular formula is C13H25NO2. The van der Waals surface area contributed by atoms with Crippen LogP contribution >= 0.6 is 0 Å². The van der Waals surface area contributed by atoms with Gasteiger partial charge in [0, 0.05) is 5.54 Å². The van der Waals surface area contributed by atoms with Gasteiger partial charge in [0.05, 0.1) is 13.0 Å². The molecule has 0 spiro atoms. The van der Waals surface area contributed by atoms with E-state index in [1.807, 2.05) is 7.05 Å². The molecule has 94 valence electrons. The quantitative estimate of drug-likeness (QED) is 0.733. The van der Waals surface area contributed by atoms with E-state index in [4.69, 9.17) is 4.74 Å². The van der Waals surface area contributed by atoms with Crippen LogP contribution in [-0.2, 0) is 9.53 Å². The van der Waals surface area contributed by atoms with Crippen LogP contribution in [0.1, 0.15) is 52.4 Å². The highest BCUT2D eigenvalue weighted by atomic mass is 16.5. The van der Waals surface area contributed by atoms with Gasteiger partial charge >= 0.3 is 5.97 Å². The summed E-state index contributed by atoms with van der Waals surface area (Å²) in [4.78, 5) is 11.7. The van der Waals surface area contributed by atoms with E-state index in [0.717, 1.165) is 12.8 Å². The molecule has 0 saturated heterocycles. The number of hydrogen-bond acceptors (Lipinski definition) is 3. The summed E-state index contributed by atoms with van der Waals surface area (Å²) in [5, 5.41) is 3.34. The Hall–Kier alpha value is -0.570. The number of hydrogen-bond donors (Lipinski definition) is 1. The molecule has 3 nitrogen and oxygen atoms in total. The first-order chi connectivity index (χ1) is 7.58. The molecule has 1 saturated carbocycles. The van der Waals surface area contributed by atoms with Gasteiger partial charge in [-0.2, -0.15) is 0 Å². The predicted molar refractivity (Wildman–Crippen MR) is 65.3 cm³/mol. The molecule has 1 aliphatic carbocycles. The maximum atomic E-state index is 11.7. The minimum absolute atomic E-state index is 0.00626. The summed E-state index contributed by atoms with van der Waals surface area (Å²) in [6, 6.07) is 0. The van der Waals surface area contributed by atoms with Crippen LogP contribution in [0.4, 0.5) is 0 Å². The van der Waals surface area contributed by atoms with Crippen LogP contribution < -0.4 is 5.32 Å². The number of rotatable bonds is 5. The Kier molecular flexibility index (Phi) is 5.26. The summed E-state index contributed by atoms with van der Waals surface area (Å²) in [6.45, 7) is 4.65. The van der Waals surface area contributed by atoms with E-state index in [0.29, 0.717) is 18.9 Å². The lowest BCUT2D eigenvalue weighted by molar-refractivity contribution is -0.146. The zero-order chi connectivity index (χ0) is 12.0. The molecule has 0 aliphatic heterocycles. The van der Waals surface area contributed by atoms with Crippen molar-refractivity contribution in [1.82, 2.24) is 5.32 Å². The molecule has 1 rings (SSSR count). The fourth-order valence-electron chi connectivity index (χ4n) is 2.33. The van der Waals surface area contributed by atoms with Crippen LogP contribution in [0.25, 0.3) is 0 Å². The number of esters is 1. The van der Waals surface area contributed by atoms with Crippen molar-refractivity contribution >= 4 is 5.97 Å². The maximum absolute atomic E-state index is 11.7. The summed E-state index contributed by atoms with van der Waals surface area (Å²) in [7, 11) is 1.96. The third-order valence-electron chi connectivity index (χ3n) is 3.40. The molecule has 0 bridgehead atoms. The van der Waals surface area contributed by atoms with Crippen molar-refractivity contribution in [3.05, 3.63) is 0 Å². The van der Waals surface area contributed by atoms with E-state index < -0.39 is 0 Å². The molecule has 1 aliphatic rings. The average molecular weight is 227 g/mol. The van der Waals surface area contributed by atoms with E-state index in [9.17, 15) is 4.79 Å². The first-order valence-corrected chi connectivity index (χ1v) is 6.42. The topological polar surface area (TPSA) is 38.3 Å². The Morgan fingerprint density at radius 2 is 1.94 bits per heavy atom. The second-order valence-electron chi connectivity index (χ2n) is 5.34. The highest BCUT2D eigenvalue weighted by Gasteiger charge is 2.33. The second kappa shape index (κ2) is 6.24.